The number of benzene rings is 2. The van der Waals surface area contributed by atoms with E-state index in [2.05, 4.69) is 5.32 Å². The molecule has 5 atom stereocenters. The van der Waals surface area contributed by atoms with Crippen molar-refractivity contribution in [3.63, 3.8) is 0 Å². The molecule has 286 valence electrons. The minimum absolute atomic E-state index is 0.0205. The molecule has 0 aromatic heterocycles. The molecule has 0 radical (unpaired) electrons. The van der Waals surface area contributed by atoms with Crippen LogP contribution in [0.1, 0.15) is 64.2 Å². The maximum Gasteiger partial charge on any atom is 0.355 e. The van der Waals surface area contributed by atoms with Crippen LogP contribution in [-0.4, -0.2) is 97.8 Å². The summed E-state index contributed by atoms with van der Waals surface area (Å²) in [5.41, 5.74) is 2.29. The fraction of sp³-hybridized carbons (Fsp3) is 0.500. The summed E-state index contributed by atoms with van der Waals surface area (Å²) in [6.45, 7) is 8.54. The number of aliphatic carboxylic acids is 1. The summed E-state index contributed by atoms with van der Waals surface area (Å²) < 4.78 is 20.1. The van der Waals surface area contributed by atoms with E-state index in [9.17, 15) is 49.2 Å². The summed E-state index contributed by atoms with van der Waals surface area (Å²) in [4.78, 5) is 68.1. The molecule has 0 aliphatic carbocycles. The van der Waals surface area contributed by atoms with Crippen LogP contribution in [0.3, 0.4) is 0 Å². The molecule has 1 amide bonds. The van der Waals surface area contributed by atoms with Crippen LogP contribution in [0, 0.1) is 11.8 Å². The number of hydrogen-bond acceptors (Lipinski definition) is 14. The van der Waals surface area contributed by atoms with E-state index in [0.29, 0.717) is 5.56 Å². The normalized spacial score (nSPS) is 21.0. The Morgan fingerprint density at radius 2 is 1.25 bits per heavy atom. The first kappa shape index (κ1) is 43.4. The molecular formula is C36H47NO15. The van der Waals surface area contributed by atoms with Gasteiger partial charge < -0.3 is 49.9 Å². The summed E-state index contributed by atoms with van der Waals surface area (Å²) in [5.74, 6) is -6.09. The van der Waals surface area contributed by atoms with Crippen LogP contribution in [0.2, 0.25) is 0 Å². The van der Waals surface area contributed by atoms with Gasteiger partial charge in [0.25, 0.3) is 0 Å². The number of carbonyl (C=O) groups is 6. The van der Waals surface area contributed by atoms with E-state index in [4.69, 9.17) is 24.1 Å². The molecule has 0 saturated carbocycles. The lowest BCUT2D eigenvalue weighted by Gasteiger charge is -2.43. The van der Waals surface area contributed by atoms with Crippen molar-refractivity contribution in [3.05, 3.63) is 65.2 Å². The van der Waals surface area contributed by atoms with E-state index >= 15 is 0 Å². The molecule has 1 heterocycles. The Hall–Kier alpha value is -4.74. The topological polar surface area (TPSA) is 253 Å². The molecule has 1 aliphatic rings. The second-order valence-corrected chi connectivity index (χ2v) is 12.7. The van der Waals surface area contributed by atoms with Crippen molar-refractivity contribution in [2.75, 3.05) is 6.54 Å². The highest BCUT2D eigenvalue weighted by Gasteiger charge is 2.57. The van der Waals surface area contributed by atoms with Crippen molar-refractivity contribution in [1.29, 1.82) is 0 Å². The minimum atomic E-state index is -2.90. The molecule has 2 aromatic rings. The van der Waals surface area contributed by atoms with Crippen LogP contribution in [0.25, 0.3) is 0 Å². The summed E-state index contributed by atoms with van der Waals surface area (Å²) in [5, 5.41) is 51.1. The lowest BCUT2D eigenvalue weighted by Crippen LogP contribution is -2.68. The third-order valence-electron chi connectivity index (χ3n) is 7.40. The number of amides is 1. The zero-order valence-corrected chi connectivity index (χ0v) is 29.6. The predicted octanol–water partition coefficient (Wildman–Crippen LogP) is 0.960. The van der Waals surface area contributed by atoms with Gasteiger partial charge in [-0.1, -0.05) is 64.1 Å². The fourth-order valence-electron chi connectivity index (χ4n) is 4.27. The maximum absolute atomic E-state index is 11.9. The molecular weight excluding hydrogens is 686 g/mol. The summed E-state index contributed by atoms with van der Waals surface area (Å²) in [7, 11) is 0. The van der Waals surface area contributed by atoms with Crippen LogP contribution in [0.4, 0.5) is 0 Å². The Balaban J connectivity index is 0.000000361. The molecule has 1 fully saturated rings. The summed E-state index contributed by atoms with van der Waals surface area (Å²) in [6.07, 6.45) is -7.62. The van der Waals surface area contributed by atoms with Gasteiger partial charge >= 0.3 is 23.9 Å². The second kappa shape index (κ2) is 20.3. The van der Waals surface area contributed by atoms with E-state index in [1.165, 1.54) is 31.2 Å². The van der Waals surface area contributed by atoms with Crippen molar-refractivity contribution in [2.24, 2.45) is 11.8 Å². The lowest BCUT2D eigenvalue weighted by atomic mass is 9.97. The molecule has 6 N–H and O–H groups in total. The zero-order chi connectivity index (χ0) is 39.2. The van der Waals surface area contributed by atoms with Gasteiger partial charge in [0.2, 0.25) is 5.91 Å². The van der Waals surface area contributed by atoms with E-state index < -0.39 is 36.4 Å². The highest BCUT2D eigenvalue weighted by molar-refractivity contribution is 5.89. The first-order chi connectivity index (χ1) is 24.3. The van der Waals surface area contributed by atoms with E-state index in [1.807, 2.05) is 12.1 Å². The Kier molecular flexibility index (Phi) is 17.0. The Labute approximate surface area is 300 Å². The van der Waals surface area contributed by atoms with Crippen LogP contribution >= 0.6 is 0 Å². The first-order valence-electron chi connectivity index (χ1n) is 16.5. The van der Waals surface area contributed by atoms with Gasteiger partial charge in [-0.2, -0.15) is 0 Å². The third kappa shape index (κ3) is 14.1. The first-order valence-corrected chi connectivity index (χ1v) is 16.5. The van der Waals surface area contributed by atoms with Crippen molar-refractivity contribution in [1.82, 2.24) is 5.32 Å². The predicted molar refractivity (Wildman–Crippen MR) is 180 cm³/mol. The van der Waals surface area contributed by atoms with Crippen molar-refractivity contribution in [3.8, 4) is 5.75 Å². The summed E-state index contributed by atoms with van der Waals surface area (Å²) in [6, 6.07) is 13.0. The van der Waals surface area contributed by atoms with Crippen LogP contribution in [0.5, 0.6) is 5.75 Å². The summed E-state index contributed by atoms with van der Waals surface area (Å²) >= 11 is 0. The second-order valence-electron chi connectivity index (χ2n) is 12.7. The zero-order valence-electron chi connectivity index (χ0n) is 29.6. The Morgan fingerprint density at radius 3 is 1.71 bits per heavy atom. The molecule has 0 bridgehead atoms. The van der Waals surface area contributed by atoms with Gasteiger partial charge in [-0.05, 0) is 35.7 Å². The van der Waals surface area contributed by atoms with Crippen LogP contribution in [-0.2, 0) is 62.6 Å². The number of rotatable bonds is 16. The molecule has 1 saturated heterocycles. The third-order valence-corrected chi connectivity index (χ3v) is 7.40. The number of nitrogens with one attached hydrogen (secondary N) is 1. The smallest absolute Gasteiger partial charge is 0.355 e. The van der Waals surface area contributed by atoms with E-state index in [0.717, 1.165) is 11.1 Å². The number of carbonyl (C=O) groups excluding carboxylic acids is 5. The van der Waals surface area contributed by atoms with Gasteiger partial charge in [-0.25, -0.2) is 4.79 Å². The number of ketones is 2. The van der Waals surface area contributed by atoms with Crippen LogP contribution in [0.15, 0.2) is 48.5 Å². The standard InChI is InChI=1S/C19H25NO5.C17H22O10/c1-13(2)19(24)25-12-16-7-5-15(6-8-16)10-17(22)11-20-18(23)9-4-14(3)21;1-8(2)16(23)25-7-9-3-5-10(6-4-9)26-17(24)14(20)12(19)11(18)13(27-17)15(21)22/h5-8,13H,4,9-12H2,1-3H3,(H,20,23);3-6,8,11-14,18-20,24H,7H2,1-2H3,(H,21,22)/t;11-,12-,13-,14+,17-/m.0/s1. The van der Waals surface area contributed by atoms with Gasteiger partial charge in [0.05, 0.1) is 18.4 Å². The number of Topliss-reactive ketones (excluding diaryl/α,β-unsaturated/α-hetero) is 2. The molecule has 2 aromatic carbocycles. The number of ether oxygens (including phenoxy) is 4. The van der Waals surface area contributed by atoms with Gasteiger partial charge in [-0.3, -0.25) is 23.9 Å². The maximum atomic E-state index is 11.9. The minimum Gasteiger partial charge on any atom is -0.479 e. The van der Waals surface area contributed by atoms with Gasteiger partial charge in [0, 0.05) is 19.3 Å². The molecule has 16 nitrogen and oxygen atoms in total. The van der Waals surface area contributed by atoms with Crippen LogP contribution < -0.4 is 10.1 Å². The van der Waals surface area contributed by atoms with E-state index in [1.54, 1.807) is 39.8 Å². The number of carboxylic acids is 1. The quantitative estimate of drug-likeness (QED) is 0.104. The van der Waals surface area contributed by atoms with Crippen molar-refractivity contribution in [2.45, 2.75) is 97.5 Å². The van der Waals surface area contributed by atoms with E-state index in [-0.39, 0.29) is 86.0 Å². The SMILES string of the molecule is CC(=O)CCC(=O)NCC(=O)Cc1ccc(COC(=O)C(C)C)cc1.CC(C)C(=O)OCc1ccc(O[C@]2(O)O[C@H](C(=O)O)[C@@H](O)[C@H](O)[C@H]2O)cc1. The van der Waals surface area contributed by atoms with Crippen molar-refractivity contribution < 1.29 is 73.2 Å². The van der Waals surface area contributed by atoms with Gasteiger partial charge in [0.15, 0.2) is 18.0 Å². The largest absolute Gasteiger partial charge is 0.479 e. The highest BCUT2D eigenvalue weighted by atomic mass is 16.8. The fourth-order valence-corrected chi connectivity index (χ4v) is 4.27. The highest BCUT2D eigenvalue weighted by Crippen LogP contribution is 2.31. The Bertz CT molecular complexity index is 1520. The number of hydrogen-bond donors (Lipinski definition) is 6. The average Bonchev–Trinajstić information content (AvgIpc) is 3.09. The Morgan fingerprint density at radius 1 is 0.769 bits per heavy atom. The number of aliphatic hydroxyl groups excluding tert-OH is 3. The van der Waals surface area contributed by atoms with Gasteiger partial charge in [0.1, 0.15) is 37.0 Å². The molecule has 0 unspecified atom stereocenters. The molecule has 0 spiro atoms. The molecule has 1 aliphatic heterocycles. The number of aliphatic hydroxyl groups is 4. The lowest BCUT2D eigenvalue weighted by molar-refractivity contribution is -0.415. The van der Waals surface area contributed by atoms with Gasteiger partial charge in [-0.15, -0.1) is 0 Å². The molecule has 16 heteroatoms. The molecule has 3 rings (SSSR count). The van der Waals surface area contributed by atoms with Crippen molar-refractivity contribution >= 4 is 35.4 Å². The number of carboxylic acid groups (broad SMARTS) is 1. The molecule has 52 heavy (non-hydrogen) atoms. The average molecular weight is 734 g/mol. The monoisotopic (exact) mass is 733 g/mol. The number of esters is 2.